The van der Waals surface area contributed by atoms with Crippen molar-refractivity contribution in [2.75, 3.05) is 19.8 Å². The van der Waals surface area contributed by atoms with E-state index in [-0.39, 0.29) is 17.8 Å². The summed E-state index contributed by atoms with van der Waals surface area (Å²) in [5.41, 5.74) is 0.621. The van der Waals surface area contributed by atoms with Gasteiger partial charge in [-0.25, -0.2) is 0 Å². The van der Waals surface area contributed by atoms with Crippen molar-refractivity contribution in [3.8, 4) is 11.5 Å². The summed E-state index contributed by atoms with van der Waals surface area (Å²) in [5.74, 6) is 1.58. The molecular formula is C16H22O4. The number of benzene rings is 1. The summed E-state index contributed by atoms with van der Waals surface area (Å²) >= 11 is 0. The molecule has 2 rings (SSSR count). The minimum Gasteiger partial charge on any atom is -0.490 e. The maximum atomic E-state index is 12.5. The molecule has 110 valence electrons. The standard InChI is InChI=1S/C16H22O4/c1-4-18-13-7-6-12(10-14(13)19-5-2)15(17)16-11(3)8-9-20-16/h6-7,10-11,16H,4-5,8-9H2,1-3H3. The third-order valence-corrected chi connectivity index (χ3v) is 3.47. The molecule has 4 heteroatoms. The molecule has 0 radical (unpaired) electrons. The lowest BCUT2D eigenvalue weighted by atomic mass is 9.96. The van der Waals surface area contributed by atoms with Gasteiger partial charge in [-0.3, -0.25) is 4.79 Å². The van der Waals surface area contributed by atoms with E-state index in [9.17, 15) is 4.79 Å². The van der Waals surface area contributed by atoms with Gasteiger partial charge in [0.05, 0.1) is 13.2 Å². The number of carbonyl (C=O) groups is 1. The highest BCUT2D eigenvalue weighted by Gasteiger charge is 2.31. The smallest absolute Gasteiger partial charge is 0.191 e. The van der Waals surface area contributed by atoms with Crippen LogP contribution in [0.25, 0.3) is 0 Å². The summed E-state index contributed by atoms with van der Waals surface area (Å²) in [6.45, 7) is 7.64. The highest BCUT2D eigenvalue weighted by molar-refractivity contribution is 6.00. The minimum absolute atomic E-state index is 0.0269. The topological polar surface area (TPSA) is 44.8 Å². The van der Waals surface area contributed by atoms with Crippen molar-refractivity contribution in [2.45, 2.75) is 33.3 Å². The molecule has 4 nitrogen and oxygen atoms in total. The third-order valence-electron chi connectivity index (χ3n) is 3.47. The van der Waals surface area contributed by atoms with Crippen molar-refractivity contribution in [2.24, 2.45) is 5.92 Å². The molecule has 20 heavy (non-hydrogen) atoms. The average Bonchev–Trinajstić information content (AvgIpc) is 2.86. The summed E-state index contributed by atoms with van der Waals surface area (Å²) in [6, 6.07) is 5.33. The largest absolute Gasteiger partial charge is 0.490 e. The maximum Gasteiger partial charge on any atom is 0.191 e. The number of rotatable bonds is 6. The van der Waals surface area contributed by atoms with E-state index in [1.807, 2.05) is 20.8 Å². The molecule has 0 aliphatic carbocycles. The maximum absolute atomic E-state index is 12.5. The van der Waals surface area contributed by atoms with Crippen LogP contribution in [0.15, 0.2) is 18.2 Å². The molecule has 2 unspecified atom stereocenters. The Morgan fingerprint density at radius 1 is 1.25 bits per heavy atom. The molecule has 1 saturated heterocycles. The van der Waals surface area contributed by atoms with Crippen molar-refractivity contribution < 1.29 is 19.0 Å². The zero-order chi connectivity index (χ0) is 14.5. The fourth-order valence-electron chi connectivity index (χ4n) is 2.40. The van der Waals surface area contributed by atoms with Crippen molar-refractivity contribution in [1.29, 1.82) is 0 Å². The van der Waals surface area contributed by atoms with Crippen molar-refractivity contribution in [3.05, 3.63) is 23.8 Å². The van der Waals surface area contributed by atoms with E-state index in [1.54, 1.807) is 18.2 Å². The highest BCUT2D eigenvalue weighted by atomic mass is 16.5. The quantitative estimate of drug-likeness (QED) is 0.750. The zero-order valence-electron chi connectivity index (χ0n) is 12.3. The molecular weight excluding hydrogens is 256 g/mol. The molecule has 0 N–H and O–H groups in total. The van der Waals surface area contributed by atoms with E-state index in [4.69, 9.17) is 14.2 Å². The normalized spacial score (nSPS) is 21.8. The molecule has 0 amide bonds. The summed E-state index contributed by atoms with van der Waals surface area (Å²) in [5, 5.41) is 0. The summed E-state index contributed by atoms with van der Waals surface area (Å²) in [4.78, 5) is 12.5. The second kappa shape index (κ2) is 6.75. The second-order valence-corrected chi connectivity index (χ2v) is 4.95. The van der Waals surface area contributed by atoms with E-state index < -0.39 is 0 Å². The summed E-state index contributed by atoms with van der Waals surface area (Å²) in [6.07, 6.45) is 0.605. The molecule has 0 aromatic heterocycles. The van der Waals surface area contributed by atoms with Crippen LogP contribution in [0.2, 0.25) is 0 Å². The van der Waals surface area contributed by atoms with Gasteiger partial charge in [-0.15, -0.1) is 0 Å². The molecule has 1 fully saturated rings. The highest BCUT2D eigenvalue weighted by Crippen LogP contribution is 2.31. The number of carbonyl (C=O) groups excluding carboxylic acids is 1. The van der Waals surface area contributed by atoms with Gasteiger partial charge >= 0.3 is 0 Å². The van der Waals surface area contributed by atoms with Gasteiger partial charge in [0.1, 0.15) is 6.10 Å². The Bertz CT molecular complexity index is 470. The molecule has 2 atom stereocenters. The Balaban J connectivity index is 2.23. The van der Waals surface area contributed by atoms with Crippen LogP contribution in [0.1, 0.15) is 37.6 Å². The van der Waals surface area contributed by atoms with Crippen LogP contribution in [-0.2, 0) is 4.74 Å². The number of Topliss-reactive ketones (excluding diaryl/α,β-unsaturated/α-hetero) is 1. The Morgan fingerprint density at radius 2 is 1.95 bits per heavy atom. The Morgan fingerprint density at radius 3 is 2.55 bits per heavy atom. The summed E-state index contributed by atoms with van der Waals surface area (Å²) < 4.78 is 16.6. The van der Waals surface area contributed by atoms with Crippen LogP contribution < -0.4 is 9.47 Å². The lowest BCUT2D eigenvalue weighted by Gasteiger charge is -2.15. The van der Waals surface area contributed by atoms with E-state index in [0.717, 1.165) is 6.42 Å². The van der Waals surface area contributed by atoms with Crippen LogP contribution in [0.3, 0.4) is 0 Å². The van der Waals surface area contributed by atoms with Gasteiger partial charge < -0.3 is 14.2 Å². The first-order chi connectivity index (χ1) is 9.67. The Hall–Kier alpha value is -1.55. The first kappa shape index (κ1) is 14.9. The Labute approximate surface area is 120 Å². The molecule has 0 spiro atoms. The monoisotopic (exact) mass is 278 g/mol. The second-order valence-electron chi connectivity index (χ2n) is 4.95. The van der Waals surface area contributed by atoms with Gasteiger partial charge in [-0.05, 0) is 44.4 Å². The first-order valence-corrected chi connectivity index (χ1v) is 7.22. The molecule has 1 aromatic carbocycles. The van der Waals surface area contributed by atoms with E-state index in [2.05, 4.69) is 0 Å². The van der Waals surface area contributed by atoms with Crippen molar-refractivity contribution in [3.63, 3.8) is 0 Å². The van der Waals surface area contributed by atoms with Gasteiger partial charge in [-0.2, -0.15) is 0 Å². The average molecular weight is 278 g/mol. The molecule has 1 aliphatic rings. The van der Waals surface area contributed by atoms with Gasteiger partial charge in [0, 0.05) is 12.2 Å². The van der Waals surface area contributed by atoms with E-state index in [0.29, 0.717) is 36.9 Å². The lowest BCUT2D eigenvalue weighted by Crippen LogP contribution is -2.25. The first-order valence-electron chi connectivity index (χ1n) is 7.22. The number of ether oxygens (including phenoxy) is 3. The van der Waals surface area contributed by atoms with Crippen LogP contribution in [0, 0.1) is 5.92 Å². The lowest BCUT2D eigenvalue weighted by molar-refractivity contribution is 0.0579. The number of ketones is 1. The van der Waals surface area contributed by atoms with Crippen LogP contribution in [0.4, 0.5) is 0 Å². The fraction of sp³-hybridized carbons (Fsp3) is 0.562. The predicted molar refractivity (Wildman–Crippen MR) is 76.6 cm³/mol. The van der Waals surface area contributed by atoms with Crippen molar-refractivity contribution >= 4 is 5.78 Å². The SMILES string of the molecule is CCOc1ccc(C(=O)C2OCCC2C)cc1OCC. The summed E-state index contributed by atoms with van der Waals surface area (Å²) in [7, 11) is 0. The van der Waals surface area contributed by atoms with Crippen LogP contribution in [-0.4, -0.2) is 31.7 Å². The number of hydrogen-bond acceptors (Lipinski definition) is 4. The minimum atomic E-state index is -0.331. The Kier molecular flexibility index (Phi) is 5.01. The van der Waals surface area contributed by atoms with Gasteiger partial charge in [0.2, 0.25) is 0 Å². The van der Waals surface area contributed by atoms with E-state index >= 15 is 0 Å². The fourth-order valence-corrected chi connectivity index (χ4v) is 2.40. The zero-order valence-corrected chi connectivity index (χ0v) is 12.3. The van der Waals surface area contributed by atoms with Gasteiger partial charge in [0.15, 0.2) is 17.3 Å². The predicted octanol–water partition coefficient (Wildman–Crippen LogP) is 3.09. The molecule has 0 bridgehead atoms. The van der Waals surface area contributed by atoms with Gasteiger partial charge in [-0.1, -0.05) is 6.92 Å². The van der Waals surface area contributed by atoms with E-state index in [1.165, 1.54) is 0 Å². The molecule has 1 heterocycles. The number of hydrogen-bond donors (Lipinski definition) is 0. The van der Waals surface area contributed by atoms with Crippen LogP contribution >= 0.6 is 0 Å². The van der Waals surface area contributed by atoms with Crippen molar-refractivity contribution in [1.82, 2.24) is 0 Å². The molecule has 1 aromatic rings. The van der Waals surface area contributed by atoms with Gasteiger partial charge in [0.25, 0.3) is 0 Å². The van der Waals surface area contributed by atoms with Crippen LogP contribution in [0.5, 0.6) is 11.5 Å². The third kappa shape index (κ3) is 3.12. The molecule has 1 aliphatic heterocycles. The molecule has 0 saturated carbocycles.